The van der Waals surface area contributed by atoms with Gasteiger partial charge in [0, 0.05) is 17.9 Å². The van der Waals surface area contributed by atoms with Crippen LogP contribution < -0.4 is 0 Å². The number of hydrogen-bond donors (Lipinski definition) is 0. The van der Waals surface area contributed by atoms with Crippen molar-refractivity contribution in [3.8, 4) is 0 Å². The Morgan fingerprint density at radius 2 is 2.12 bits per heavy atom. The minimum atomic E-state index is 0.0213. The quantitative estimate of drug-likeness (QED) is 0.712. The molecule has 1 aliphatic carbocycles. The van der Waals surface area contributed by atoms with Gasteiger partial charge in [-0.15, -0.1) is 0 Å². The van der Waals surface area contributed by atoms with E-state index in [2.05, 4.69) is 0 Å². The molecule has 2 rings (SSSR count). The van der Waals surface area contributed by atoms with Crippen molar-refractivity contribution in [2.45, 2.75) is 38.5 Å². The molecule has 1 aromatic rings. The molecule has 84 valence electrons. The molecule has 0 bridgehead atoms. The van der Waals surface area contributed by atoms with Gasteiger partial charge in [0.15, 0.2) is 5.78 Å². The first kappa shape index (κ1) is 11.1. The standard InChI is InChI=1S/C14H16O2/c1-10(15)11-5-4-6-12(9-11)13-7-2-3-8-14(13)16/h4-6,9,13H,2-3,7-8H2,1H3/t13-/m0/s1. The Hall–Kier alpha value is -1.44. The minimum absolute atomic E-state index is 0.0213. The maximum Gasteiger partial charge on any atom is 0.159 e. The van der Waals surface area contributed by atoms with Gasteiger partial charge in [-0.2, -0.15) is 0 Å². The molecule has 0 aromatic heterocycles. The Bertz CT molecular complexity index is 420. The molecule has 0 spiro atoms. The lowest BCUT2D eigenvalue weighted by atomic mass is 9.82. The summed E-state index contributed by atoms with van der Waals surface area (Å²) in [5.41, 5.74) is 1.72. The first-order chi connectivity index (χ1) is 7.68. The van der Waals surface area contributed by atoms with Crippen LogP contribution in [0, 0.1) is 0 Å². The fourth-order valence-corrected chi connectivity index (χ4v) is 2.31. The van der Waals surface area contributed by atoms with Crippen LogP contribution >= 0.6 is 0 Å². The van der Waals surface area contributed by atoms with E-state index in [0.717, 1.165) is 24.8 Å². The van der Waals surface area contributed by atoms with E-state index in [1.54, 1.807) is 13.0 Å². The maximum atomic E-state index is 11.8. The van der Waals surface area contributed by atoms with Crippen molar-refractivity contribution in [1.29, 1.82) is 0 Å². The Balaban J connectivity index is 2.28. The first-order valence-electron chi connectivity index (χ1n) is 5.82. The van der Waals surface area contributed by atoms with Crippen LogP contribution in [0.3, 0.4) is 0 Å². The summed E-state index contributed by atoms with van der Waals surface area (Å²) in [4.78, 5) is 23.1. The molecule has 16 heavy (non-hydrogen) atoms. The number of ketones is 2. The van der Waals surface area contributed by atoms with Crippen molar-refractivity contribution < 1.29 is 9.59 Å². The molecule has 0 N–H and O–H groups in total. The average Bonchev–Trinajstić information content (AvgIpc) is 2.30. The Morgan fingerprint density at radius 1 is 1.31 bits per heavy atom. The zero-order valence-electron chi connectivity index (χ0n) is 9.53. The van der Waals surface area contributed by atoms with Crippen molar-refractivity contribution in [1.82, 2.24) is 0 Å². The lowest BCUT2D eigenvalue weighted by Crippen LogP contribution is -2.17. The summed E-state index contributed by atoms with van der Waals surface area (Å²) in [7, 11) is 0. The largest absolute Gasteiger partial charge is 0.299 e. The fraction of sp³-hybridized carbons (Fsp3) is 0.429. The highest BCUT2D eigenvalue weighted by Crippen LogP contribution is 2.30. The summed E-state index contributed by atoms with van der Waals surface area (Å²) < 4.78 is 0. The predicted octanol–water partition coefficient (Wildman–Crippen LogP) is 3.12. The molecule has 0 amide bonds. The Labute approximate surface area is 95.7 Å². The van der Waals surface area contributed by atoms with Crippen molar-refractivity contribution >= 4 is 11.6 Å². The van der Waals surface area contributed by atoms with Gasteiger partial charge in [0.05, 0.1) is 0 Å². The van der Waals surface area contributed by atoms with E-state index in [1.165, 1.54) is 0 Å². The van der Waals surface area contributed by atoms with Gasteiger partial charge in [0.25, 0.3) is 0 Å². The lowest BCUT2D eigenvalue weighted by molar-refractivity contribution is -0.121. The van der Waals surface area contributed by atoms with Gasteiger partial charge >= 0.3 is 0 Å². The van der Waals surface area contributed by atoms with Crippen molar-refractivity contribution in [2.75, 3.05) is 0 Å². The summed E-state index contributed by atoms with van der Waals surface area (Å²) in [5, 5.41) is 0. The number of hydrogen-bond acceptors (Lipinski definition) is 2. The molecule has 0 heterocycles. The third-order valence-corrected chi connectivity index (χ3v) is 3.25. The normalized spacial score (nSPS) is 20.8. The maximum absolute atomic E-state index is 11.8. The van der Waals surface area contributed by atoms with E-state index < -0.39 is 0 Å². The third-order valence-electron chi connectivity index (χ3n) is 3.25. The van der Waals surface area contributed by atoms with Crippen LogP contribution in [0.5, 0.6) is 0 Å². The topological polar surface area (TPSA) is 34.1 Å². The lowest BCUT2D eigenvalue weighted by Gasteiger charge is -2.21. The Morgan fingerprint density at radius 3 is 2.81 bits per heavy atom. The average molecular weight is 216 g/mol. The van der Waals surface area contributed by atoms with Crippen LogP contribution in [-0.2, 0) is 4.79 Å². The van der Waals surface area contributed by atoms with Crippen LogP contribution in [0.1, 0.15) is 54.4 Å². The summed E-state index contributed by atoms with van der Waals surface area (Å²) in [5.74, 6) is 0.408. The second-order valence-corrected chi connectivity index (χ2v) is 4.45. The van der Waals surface area contributed by atoms with Gasteiger partial charge in [0.1, 0.15) is 5.78 Å². The monoisotopic (exact) mass is 216 g/mol. The summed E-state index contributed by atoms with van der Waals surface area (Å²) in [6.45, 7) is 1.56. The van der Waals surface area contributed by atoms with Crippen molar-refractivity contribution in [3.63, 3.8) is 0 Å². The number of carbonyl (C=O) groups excluding carboxylic acids is 2. The molecule has 1 saturated carbocycles. The second kappa shape index (κ2) is 4.60. The van der Waals surface area contributed by atoms with Gasteiger partial charge in [-0.1, -0.05) is 24.6 Å². The van der Waals surface area contributed by atoms with E-state index in [1.807, 2.05) is 18.2 Å². The van der Waals surface area contributed by atoms with Gasteiger partial charge in [-0.3, -0.25) is 9.59 Å². The molecule has 1 aromatic carbocycles. The molecule has 0 saturated heterocycles. The fourth-order valence-electron chi connectivity index (χ4n) is 2.31. The summed E-state index contributed by atoms with van der Waals surface area (Å²) in [6.07, 6.45) is 3.75. The molecule has 2 nitrogen and oxygen atoms in total. The molecule has 0 unspecified atom stereocenters. The SMILES string of the molecule is CC(=O)c1cccc([C@@H]2CCCCC2=O)c1. The third kappa shape index (κ3) is 2.21. The van der Waals surface area contributed by atoms with Gasteiger partial charge in [-0.05, 0) is 31.4 Å². The Kier molecular flexibility index (Phi) is 3.18. The number of Topliss-reactive ketones (excluding diaryl/α,β-unsaturated/α-hetero) is 2. The number of rotatable bonds is 2. The molecule has 1 atom stereocenters. The van der Waals surface area contributed by atoms with Crippen LogP contribution in [-0.4, -0.2) is 11.6 Å². The summed E-state index contributed by atoms with van der Waals surface area (Å²) >= 11 is 0. The van der Waals surface area contributed by atoms with Crippen molar-refractivity contribution in [3.05, 3.63) is 35.4 Å². The van der Waals surface area contributed by atoms with E-state index in [4.69, 9.17) is 0 Å². The summed E-state index contributed by atoms with van der Waals surface area (Å²) in [6, 6.07) is 7.50. The predicted molar refractivity (Wildman–Crippen MR) is 62.7 cm³/mol. The van der Waals surface area contributed by atoms with E-state index in [-0.39, 0.29) is 11.7 Å². The highest BCUT2D eigenvalue weighted by atomic mass is 16.1. The number of carbonyl (C=O) groups is 2. The molecule has 0 radical (unpaired) electrons. The van der Waals surface area contributed by atoms with E-state index in [9.17, 15) is 9.59 Å². The molecule has 2 heteroatoms. The number of benzene rings is 1. The zero-order valence-corrected chi connectivity index (χ0v) is 9.53. The first-order valence-corrected chi connectivity index (χ1v) is 5.82. The van der Waals surface area contributed by atoms with Crippen molar-refractivity contribution in [2.24, 2.45) is 0 Å². The van der Waals surface area contributed by atoms with Crippen LogP contribution in [0.2, 0.25) is 0 Å². The molecule has 1 fully saturated rings. The minimum Gasteiger partial charge on any atom is -0.299 e. The van der Waals surface area contributed by atoms with Crippen LogP contribution in [0.4, 0.5) is 0 Å². The smallest absolute Gasteiger partial charge is 0.159 e. The highest BCUT2D eigenvalue weighted by molar-refractivity contribution is 5.95. The molecular formula is C14H16O2. The molecular weight excluding hydrogens is 200 g/mol. The van der Waals surface area contributed by atoms with Gasteiger partial charge in [-0.25, -0.2) is 0 Å². The molecule has 1 aliphatic rings. The molecule has 0 aliphatic heterocycles. The van der Waals surface area contributed by atoms with Gasteiger partial charge in [0.2, 0.25) is 0 Å². The zero-order chi connectivity index (χ0) is 11.5. The highest BCUT2D eigenvalue weighted by Gasteiger charge is 2.23. The van der Waals surface area contributed by atoms with E-state index in [0.29, 0.717) is 17.8 Å². The van der Waals surface area contributed by atoms with Crippen LogP contribution in [0.25, 0.3) is 0 Å². The van der Waals surface area contributed by atoms with E-state index >= 15 is 0 Å². The van der Waals surface area contributed by atoms with Gasteiger partial charge < -0.3 is 0 Å². The van der Waals surface area contributed by atoms with Crippen LogP contribution in [0.15, 0.2) is 24.3 Å². The second-order valence-electron chi connectivity index (χ2n) is 4.45.